The molecule has 1 aromatic carbocycles. The van der Waals surface area contributed by atoms with E-state index in [1.54, 1.807) is 12.1 Å². The topological polar surface area (TPSA) is 106 Å². The van der Waals surface area contributed by atoms with E-state index in [1.807, 2.05) is 30.7 Å². The summed E-state index contributed by atoms with van der Waals surface area (Å²) in [5.74, 6) is 3.50. The SMILES string of the molecule is CCNC(=NCc1nc(-c2cccc(Cl)c2)no1)NC1CCc2nc(C)nn2C1.I. The lowest BCUT2D eigenvalue weighted by molar-refractivity contribution is 0.378. The molecule has 4 rings (SSSR count). The van der Waals surface area contributed by atoms with E-state index >= 15 is 0 Å². The quantitative estimate of drug-likeness (QED) is 0.290. The third kappa shape index (κ3) is 5.48. The van der Waals surface area contributed by atoms with Crippen LogP contribution in [0, 0.1) is 6.92 Å². The van der Waals surface area contributed by atoms with Crippen molar-refractivity contribution >= 4 is 41.5 Å². The number of halogens is 2. The van der Waals surface area contributed by atoms with E-state index in [0.29, 0.717) is 22.7 Å². The van der Waals surface area contributed by atoms with Crippen molar-refractivity contribution in [2.45, 2.75) is 45.8 Å². The van der Waals surface area contributed by atoms with Crippen LogP contribution in [-0.2, 0) is 19.5 Å². The van der Waals surface area contributed by atoms with Crippen LogP contribution in [0.5, 0.6) is 0 Å². The Bertz CT molecular complexity index is 1020. The van der Waals surface area contributed by atoms with Crippen molar-refractivity contribution in [3.8, 4) is 11.4 Å². The lowest BCUT2D eigenvalue weighted by atomic mass is 10.1. The zero-order valence-electron chi connectivity index (χ0n) is 16.8. The molecule has 2 aromatic heterocycles. The summed E-state index contributed by atoms with van der Waals surface area (Å²) in [7, 11) is 0. The fourth-order valence-corrected chi connectivity index (χ4v) is 3.47. The number of hydrogen-bond donors (Lipinski definition) is 2. The third-order valence-electron chi connectivity index (χ3n) is 4.57. The van der Waals surface area contributed by atoms with Crippen LogP contribution in [0.4, 0.5) is 0 Å². The predicted octanol–water partition coefficient (Wildman–Crippen LogP) is 2.98. The number of nitrogens with zero attached hydrogens (tertiary/aromatic N) is 6. The van der Waals surface area contributed by atoms with Crippen LogP contribution in [0.15, 0.2) is 33.8 Å². The lowest BCUT2D eigenvalue weighted by Crippen LogP contribution is -2.47. The van der Waals surface area contributed by atoms with Crippen molar-refractivity contribution in [1.82, 2.24) is 35.5 Å². The van der Waals surface area contributed by atoms with Crippen molar-refractivity contribution in [3.63, 3.8) is 0 Å². The highest BCUT2D eigenvalue weighted by Crippen LogP contribution is 2.20. The number of aliphatic imine (C=N–C) groups is 1. The van der Waals surface area contributed by atoms with Crippen LogP contribution in [0.25, 0.3) is 11.4 Å². The van der Waals surface area contributed by atoms with Gasteiger partial charge in [0.05, 0.1) is 6.54 Å². The van der Waals surface area contributed by atoms with Gasteiger partial charge < -0.3 is 15.2 Å². The first kappa shape index (κ1) is 22.5. The Labute approximate surface area is 196 Å². The van der Waals surface area contributed by atoms with Gasteiger partial charge >= 0.3 is 0 Å². The first-order valence-electron chi connectivity index (χ1n) is 9.64. The maximum atomic E-state index is 6.03. The smallest absolute Gasteiger partial charge is 0.248 e. The second-order valence-corrected chi connectivity index (χ2v) is 7.29. The zero-order chi connectivity index (χ0) is 20.2. The Morgan fingerprint density at radius 2 is 2.23 bits per heavy atom. The molecule has 0 bridgehead atoms. The summed E-state index contributed by atoms with van der Waals surface area (Å²) in [6, 6.07) is 7.57. The average molecular weight is 543 g/mol. The first-order valence-corrected chi connectivity index (χ1v) is 10.0. The largest absolute Gasteiger partial charge is 0.357 e. The van der Waals surface area contributed by atoms with Crippen molar-refractivity contribution in [2.75, 3.05) is 6.54 Å². The highest BCUT2D eigenvalue weighted by Gasteiger charge is 2.21. The van der Waals surface area contributed by atoms with Gasteiger partial charge in [-0.05, 0) is 32.4 Å². The molecule has 1 atom stereocenters. The van der Waals surface area contributed by atoms with Gasteiger partial charge in [-0.25, -0.2) is 14.7 Å². The van der Waals surface area contributed by atoms with Crippen molar-refractivity contribution in [3.05, 3.63) is 46.8 Å². The van der Waals surface area contributed by atoms with E-state index in [2.05, 4.69) is 35.8 Å². The van der Waals surface area contributed by atoms with Gasteiger partial charge in [-0.3, -0.25) is 0 Å². The molecule has 0 aliphatic carbocycles. The van der Waals surface area contributed by atoms with Gasteiger partial charge in [-0.1, -0.05) is 28.9 Å². The summed E-state index contributed by atoms with van der Waals surface area (Å²) >= 11 is 6.03. The van der Waals surface area contributed by atoms with Crippen LogP contribution < -0.4 is 10.6 Å². The summed E-state index contributed by atoms with van der Waals surface area (Å²) in [4.78, 5) is 13.5. The van der Waals surface area contributed by atoms with Crippen LogP contribution in [-0.4, -0.2) is 43.5 Å². The standard InChI is InChI=1S/C19H23ClN8O.HI/c1-3-21-19(24-15-7-8-16-23-12(2)26-28(16)11-15)22-10-17-25-18(27-29-17)13-5-4-6-14(20)9-13;/h4-6,9,15H,3,7-8,10-11H2,1-2H3,(H2,21,22,24);1H. The number of nitrogens with one attached hydrogen (secondary N) is 2. The molecule has 0 fully saturated rings. The zero-order valence-corrected chi connectivity index (χ0v) is 19.9. The van der Waals surface area contributed by atoms with Gasteiger partial charge in [0.1, 0.15) is 18.2 Å². The number of aromatic nitrogens is 5. The van der Waals surface area contributed by atoms with Crippen LogP contribution in [0.2, 0.25) is 5.02 Å². The van der Waals surface area contributed by atoms with Crippen LogP contribution in [0.1, 0.15) is 30.9 Å². The summed E-state index contributed by atoms with van der Waals surface area (Å²) in [5.41, 5.74) is 0.808. The molecule has 1 aliphatic rings. The highest BCUT2D eigenvalue weighted by atomic mass is 127. The maximum Gasteiger partial charge on any atom is 0.248 e. The molecule has 11 heteroatoms. The van der Waals surface area contributed by atoms with E-state index in [1.165, 1.54) is 0 Å². The maximum absolute atomic E-state index is 6.03. The number of benzene rings is 1. The van der Waals surface area contributed by atoms with Crippen LogP contribution >= 0.6 is 35.6 Å². The molecule has 160 valence electrons. The van der Waals surface area contributed by atoms with Gasteiger partial charge in [-0.15, -0.1) is 24.0 Å². The van der Waals surface area contributed by atoms with Gasteiger partial charge in [0.25, 0.3) is 0 Å². The number of hydrogen-bond acceptors (Lipinski definition) is 6. The Morgan fingerprint density at radius 1 is 1.37 bits per heavy atom. The fourth-order valence-electron chi connectivity index (χ4n) is 3.28. The molecule has 0 saturated heterocycles. The predicted molar refractivity (Wildman–Crippen MR) is 125 cm³/mol. The molecule has 30 heavy (non-hydrogen) atoms. The lowest BCUT2D eigenvalue weighted by Gasteiger charge is -2.25. The fraction of sp³-hybridized carbons (Fsp3) is 0.421. The van der Waals surface area contributed by atoms with E-state index in [4.69, 9.17) is 16.1 Å². The van der Waals surface area contributed by atoms with E-state index in [-0.39, 0.29) is 36.6 Å². The summed E-state index contributed by atoms with van der Waals surface area (Å²) in [6.45, 7) is 5.75. The van der Waals surface area contributed by atoms with Crippen molar-refractivity contribution < 1.29 is 4.52 Å². The van der Waals surface area contributed by atoms with Crippen LogP contribution in [0.3, 0.4) is 0 Å². The molecule has 3 aromatic rings. The minimum atomic E-state index is 0. The molecule has 1 unspecified atom stereocenters. The third-order valence-corrected chi connectivity index (χ3v) is 4.81. The minimum absolute atomic E-state index is 0. The molecular weight excluding hydrogens is 519 g/mol. The van der Waals surface area contributed by atoms with Gasteiger partial charge in [0.15, 0.2) is 5.96 Å². The summed E-state index contributed by atoms with van der Waals surface area (Å²) in [5, 5.41) is 15.8. The van der Waals surface area contributed by atoms with E-state index in [0.717, 1.165) is 43.1 Å². The molecule has 2 N–H and O–H groups in total. The monoisotopic (exact) mass is 542 g/mol. The van der Waals surface area contributed by atoms with Crippen molar-refractivity contribution in [1.29, 1.82) is 0 Å². The van der Waals surface area contributed by atoms with Crippen molar-refractivity contribution in [2.24, 2.45) is 4.99 Å². The Hall–Kier alpha value is -2.21. The Morgan fingerprint density at radius 3 is 3.03 bits per heavy atom. The van der Waals surface area contributed by atoms with E-state index in [9.17, 15) is 0 Å². The molecule has 0 radical (unpaired) electrons. The number of fused-ring (bicyclic) bond motifs is 1. The molecule has 9 nitrogen and oxygen atoms in total. The minimum Gasteiger partial charge on any atom is -0.357 e. The second kappa shape index (κ2) is 10.2. The second-order valence-electron chi connectivity index (χ2n) is 6.85. The average Bonchev–Trinajstić information content (AvgIpc) is 3.31. The summed E-state index contributed by atoms with van der Waals surface area (Å²) < 4.78 is 7.31. The number of rotatable bonds is 5. The molecular formula is C19H24ClIN8O. The number of aryl methyl sites for hydroxylation is 2. The molecule has 0 saturated carbocycles. The highest BCUT2D eigenvalue weighted by molar-refractivity contribution is 14.0. The number of guanidine groups is 1. The Kier molecular flexibility index (Phi) is 7.64. The molecule has 0 amide bonds. The molecule has 3 heterocycles. The van der Waals surface area contributed by atoms with Gasteiger partial charge in [-0.2, -0.15) is 10.1 Å². The van der Waals surface area contributed by atoms with Gasteiger partial charge in [0, 0.05) is 29.6 Å². The Balaban J connectivity index is 0.00000256. The normalized spacial score (nSPS) is 16.0. The molecule has 1 aliphatic heterocycles. The van der Waals surface area contributed by atoms with Gasteiger partial charge in [0.2, 0.25) is 11.7 Å². The summed E-state index contributed by atoms with van der Waals surface area (Å²) in [6.07, 6.45) is 1.87. The van der Waals surface area contributed by atoms with E-state index < -0.39 is 0 Å². The first-order chi connectivity index (χ1) is 14.1. The molecule has 0 spiro atoms.